The molecule has 4 aliphatic rings. The van der Waals surface area contributed by atoms with Crippen molar-refractivity contribution in [3.8, 4) is 0 Å². The first-order chi connectivity index (χ1) is 35.1. The summed E-state index contributed by atoms with van der Waals surface area (Å²) in [5.74, 6) is 0.510. The van der Waals surface area contributed by atoms with Crippen LogP contribution in [0.1, 0.15) is 112 Å². The summed E-state index contributed by atoms with van der Waals surface area (Å²) >= 11 is 0. The zero-order valence-electron chi connectivity index (χ0n) is 43.2. The van der Waals surface area contributed by atoms with E-state index in [1.165, 1.54) is 5.56 Å². The standard InChI is InChI=1S/C31H39N5O4.C26H31N5O2.CH4/c1-21-17-28-26(32-19-21)9-10-29(38)35(28)16-15-34-13-11-24(12-14-34)36(30(39)40-31(2,3)4)20-23-7-5-22-6-8-25(37)18-27(22)33-23;1-18-14-25-23(28-16-18)6-7-26(33)31(25)13-12-30-10-8-20(9-11-30)27-17-21-4-2-19-3-5-22(32)15-24(19)29-21;/h5,7,9-10,17,19,24H,6,8,11-16,18,20H2,1-4H3;2,4,6-7,14,16,20,27H,3,5,8-13,15,17H2,1H3;1H4. The highest BCUT2D eigenvalue weighted by molar-refractivity contribution is 5.83. The molecule has 0 atom stereocenters. The molecule has 2 aliphatic carbocycles. The van der Waals surface area contributed by atoms with Crippen molar-refractivity contribution >= 4 is 39.7 Å². The largest absolute Gasteiger partial charge is 0.444 e. The first-order valence-corrected chi connectivity index (χ1v) is 26.2. The van der Waals surface area contributed by atoms with Crippen LogP contribution < -0.4 is 16.4 Å². The van der Waals surface area contributed by atoms with E-state index >= 15 is 0 Å². The first-order valence-electron chi connectivity index (χ1n) is 26.2. The Labute approximate surface area is 434 Å². The molecule has 6 aromatic heterocycles. The summed E-state index contributed by atoms with van der Waals surface area (Å²) in [6, 6.07) is 19.6. The second-order valence-electron chi connectivity index (χ2n) is 21.4. The average molecular weight is 1010 g/mol. The normalized spacial score (nSPS) is 16.8. The van der Waals surface area contributed by atoms with Crippen molar-refractivity contribution in [3.63, 3.8) is 0 Å². The van der Waals surface area contributed by atoms with Gasteiger partial charge in [-0.05, 0) is 145 Å². The molecule has 2 saturated heterocycles. The predicted octanol–water partition coefficient (Wildman–Crippen LogP) is 7.11. The van der Waals surface area contributed by atoms with Gasteiger partial charge < -0.3 is 29.0 Å². The Bertz CT molecular complexity index is 3110. The van der Waals surface area contributed by atoms with Crippen LogP contribution in [0.4, 0.5) is 4.79 Å². The van der Waals surface area contributed by atoms with Crippen LogP contribution in [0.15, 0.2) is 82.6 Å². The lowest BCUT2D eigenvalue weighted by molar-refractivity contribution is -0.119. The quantitative estimate of drug-likeness (QED) is 0.131. The van der Waals surface area contributed by atoms with Gasteiger partial charge in [0, 0.05) is 108 Å². The van der Waals surface area contributed by atoms with E-state index in [0.29, 0.717) is 57.1 Å². The third-order valence-electron chi connectivity index (χ3n) is 14.7. The summed E-state index contributed by atoms with van der Waals surface area (Å²) in [7, 11) is 0. The van der Waals surface area contributed by atoms with Gasteiger partial charge in [0.15, 0.2) is 0 Å². The molecule has 2 aliphatic heterocycles. The fourth-order valence-electron chi connectivity index (χ4n) is 10.6. The third-order valence-corrected chi connectivity index (χ3v) is 14.7. The summed E-state index contributed by atoms with van der Waals surface area (Å²) in [5, 5.41) is 3.65. The molecule has 16 heteroatoms. The van der Waals surface area contributed by atoms with Gasteiger partial charge in [0.25, 0.3) is 11.1 Å². The van der Waals surface area contributed by atoms with Crippen LogP contribution >= 0.6 is 0 Å². The van der Waals surface area contributed by atoms with Crippen molar-refractivity contribution in [1.29, 1.82) is 0 Å². The minimum absolute atomic E-state index is 0. The zero-order chi connectivity index (χ0) is 51.2. The van der Waals surface area contributed by atoms with E-state index in [0.717, 1.165) is 146 Å². The zero-order valence-corrected chi connectivity index (χ0v) is 43.2. The Kier molecular flexibility index (Phi) is 17.3. The first kappa shape index (κ1) is 53.8. The smallest absolute Gasteiger partial charge is 0.410 e. The van der Waals surface area contributed by atoms with E-state index in [9.17, 15) is 24.0 Å². The van der Waals surface area contributed by atoms with E-state index in [1.807, 2.05) is 80.7 Å². The van der Waals surface area contributed by atoms with E-state index in [-0.39, 0.29) is 36.5 Å². The number of hydrogen-bond donors (Lipinski definition) is 1. The molecule has 10 rings (SSSR count). The number of ketones is 2. The number of pyridine rings is 6. The van der Waals surface area contributed by atoms with Gasteiger partial charge in [-0.15, -0.1) is 0 Å². The Balaban J connectivity index is 0.000000198. The number of ether oxygens (including phenoxy) is 1. The number of Topliss-reactive ketones (excluding diaryl/α,β-unsaturated/α-hetero) is 2. The molecule has 1 amide bonds. The number of piperidine rings is 2. The lowest BCUT2D eigenvalue weighted by Crippen LogP contribution is -2.49. The number of rotatable bonds is 12. The van der Waals surface area contributed by atoms with E-state index < -0.39 is 5.60 Å². The van der Waals surface area contributed by atoms with Crippen molar-refractivity contribution < 1.29 is 19.1 Å². The van der Waals surface area contributed by atoms with Crippen LogP contribution in [0.5, 0.6) is 0 Å². The SMILES string of the molecule is C.Cc1cnc2ccc(=O)n(CCN3CCC(N(Cc4ccc5c(n4)CC(=O)CC5)C(=O)OC(C)(C)C)CC3)c2c1.Cc1cnc2ccc(=O)n(CCN3CCC(NCc4ccc5c(n4)CC(=O)CC5)CC3)c2c1. The molecule has 1 N–H and O–H groups in total. The van der Waals surface area contributed by atoms with E-state index in [2.05, 4.69) is 37.2 Å². The Morgan fingerprint density at radius 1 is 0.649 bits per heavy atom. The minimum Gasteiger partial charge on any atom is -0.444 e. The van der Waals surface area contributed by atoms with Crippen molar-refractivity contribution in [2.75, 3.05) is 39.3 Å². The number of likely N-dealkylation sites (tertiary alicyclic amines) is 2. The van der Waals surface area contributed by atoms with Gasteiger partial charge in [-0.3, -0.25) is 44.0 Å². The number of carbonyl (C=O) groups excluding carboxylic acids is 3. The number of carbonyl (C=O) groups is 3. The molecule has 2 fully saturated rings. The van der Waals surface area contributed by atoms with Gasteiger partial charge in [0.05, 0.1) is 51.4 Å². The maximum atomic E-state index is 13.3. The molecule has 8 heterocycles. The number of hydrogen-bond acceptors (Lipinski definition) is 13. The molecule has 0 aromatic carbocycles. The Morgan fingerprint density at radius 2 is 1.14 bits per heavy atom. The highest BCUT2D eigenvalue weighted by Gasteiger charge is 2.32. The predicted molar refractivity (Wildman–Crippen MR) is 288 cm³/mol. The molecule has 74 heavy (non-hydrogen) atoms. The van der Waals surface area contributed by atoms with Crippen LogP contribution in [0, 0.1) is 13.8 Å². The average Bonchev–Trinajstić information content (AvgIpc) is 3.36. The van der Waals surface area contributed by atoms with Crippen LogP contribution in [0.25, 0.3) is 22.1 Å². The second-order valence-corrected chi connectivity index (χ2v) is 21.4. The molecule has 0 radical (unpaired) electrons. The topological polar surface area (TPSA) is 178 Å². The number of nitrogens with zero attached hydrogens (tertiary/aromatic N) is 9. The summed E-state index contributed by atoms with van der Waals surface area (Å²) in [6.45, 7) is 17.2. The number of aromatic nitrogens is 6. The van der Waals surface area contributed by atoms with Crippen LogP contribution in [0.3, 0.4) is 0 Å². The van der Waals surface area contributed by atoms with Crippen molar-refractivity contribution in [2.45, 2.75) is 150 Å². The van der Waals surface area contributed by atoms with Gasteiger partial charge in [-0.1, -0.05) is 19.6 Å². The van der Waals surface area contributed by atoms with Crippen LogP contribution in [0.2, 0.25) is 0 Å². The van der Waals surface area contributed by atoms with Gasteiger partial charge in [-0.2, -0.15) is 0 Å². The molecule has 0 saturated carbocycles. The van der Waals surface area contributed by atoms with Crippen LogP contribution in [-0.4, -0.2) is 118 Å². The van der Waals surface area contributed by atoms with Gasteiger partial charge in [0.1, 0.15) is 17.2 Å². The molecule has 0 spiro atoms. The Hall–Kier alpha value is -6.49. The number of amides is 1. The van der Waals surface area contributed by atoms with E-state index in [1.54, 1.807) is 28.8 Å². The number of nitrogens with one attached hydrogen (secondary N) is 1. The third kappa shape index (κ3) is 13.6. The van der Waals surface area contributed by atoms with Crippen molar-refractivity contribution in [1.82, 2.24) is 49.1 Å². The number of fused-ring (bicyclic) bond motifs is 4. The Morgan fingerprint density at radius 3 is 1.65 bits per heavy atom. The highest BCUT2D eigenvalue weighted by Crippen LogP contribution is 2.25. The molecule has 6 aromatic rings. The van der Waals surface area contributed by atoms with Gasteiger partial charge in [-0.25, -0.2) is 4.79 Å². The van der Waals surface area contributed by atoms with Gasteiger partial charge >= 0.3 is 6.09 Å². The molecule has 0 unspecified atom stereocenters. The van der Waals surface area contributed by atoms with Gasteiger partial charge in [0.2, 0.25) is 0 Å². The number of aryl methyl sites for hydroxylation is 4. The summed E-state index contributed by atoms with van der Waals surface area (Å²) in [6.07, 6.45) is 10.7. The van der Waals surface area contributed by atoms with Crippen molar-refractivity contribution in [3.05, 3.63) is 139 Å². The minimum atomic E-state index is -0.606. The molecule has 392 valence electrons. The lowest BCUT2D eigenvalue weighted by Gasteiger charge is -2.39. The molecule has 0 bridgehead atoms. The monoisotopic (exact) mass is 1010 g/mol. The fraction of sp³-hybridized carbons (Fsp3) is 0.500. The summed E-state index contributed by atoms with van der Waals surface area (Å²) < 4.78 is 9.46. The molecular weight excluding hydrogens is 933 g/mol. The highest BCUT2D eigenvalue weighted by atomic mass is 16.6. The summed E-state index contributed by atoms with van der Waals surface area (Å²) in [5.41, 5.74) is 10.9. The lowest BCUT2D eigenvalue weighted by atomic mass is 9.95. The van der Waals surface area contributed by atoms with E-state index in [4.69, 9.17) is 14.7 Å². The van der Waals surface area contributed by atoms with Crippen molar-refractivity contribution in [2.24, 2.45) is 0 Å². The second kappa shape index (κ2) is 23.8. The maximum absolute atomic E-state index is 13.3. The molecule has 16 nitrogen and oxygen atoms in total. The fourth-order valence-corrected chi connectivity index (χ4v) is 10.6. The summed E-state index contributed by atoms with van der Waals surface area (Å²) in [4.78, 5) is 87.2. The maximum Gasteiger partial charge on any atom is 0.410 e. The molecular formula is C58H74N10O6. The van der Waals surface area contributed by atoms with Crippen LogP contribution in [-0.2, 0) is 66.2 Å².